The predicted molar refractivity (Wildman–Crippen MR) is 59.6 cm³/mol. The van der Waals surface area contributed by atoms with Crippen molar-refractivity contribution >= 4 is 11.6 Å². The predicted octanol–water partition coefficient (Wildman–Crippen LogP) is 1.58. The van der Waals surface area contributed by atoms with Gasteiger partial charge in [0.25, 0.3) is 0 Å². The molecule has 0 aromatic heterocycles. The number of benzene rings is 1. The maximum absolute atomic E-state index is 6.07. The summed E-state index contributed by atoms with van der Waals surface area (Å²) in [5.41, 5.74) is 6.85. The van der Waals surface area contributed by atoms with Gasteiger partial charge >= 0.3 is 0 Å². The van der Waals surface area contributed by atoms with Gasteiger partial charge in [-0.3, -0.25) is 0 Å². The van der Waals surface area contributed by atoms with E-state index in [0.29, 0.717) is 30.5 Å². The molecule has 4 heteroatoms. The zero-order valence-electron chi connectivity index (χ0n) is 8.63. The van der Waals surface area contributed by atoms with Crippen molar-refractivity contribution in [2.75, 3.05) is 26.9 Å². The Balaban J connectivity index is 2.33. The highest BCUT2D eigenvalue weighted by atomic mass is 35.5. The lowest BCUT2D eigenvalue weighted by Crippen LogP contribution is -2.52. The average molecular weight is 228 g/mol. The maximum atomic E-state index is 6.07. The smallest absolute Gasteiger partial charge is 0.137 e. The second kappa shape index (κ2) is 4.00. The molecule has 2 rings (SSSR count). The lowest BCUT2D eigenvalue weighted by molar-refractivity contribution is -0.0550. The van der Waals surface area contributed by atoms with Crippen LogP contribution in [0.5, 0.6) is 5.75 Å². The Kier molecular flexibility index (Phi) is 2.87. The quantitative estimate of drug-likeness (QED) is 0.853. The van der Waals surface area contributed by atoms with Crippen LogP contribution in [-0.2, 0) is 10.2 Å². The van der Waals surface area contributed by atoms with Crippen LogP contribution in [0.15, 0.2) is 18.2 Å². The Hall–Kier alpha value is -0.770. The van der Waals surface area contributed by atoms with Crippen LogP contribution in [0.1, 0.15) is 5.56 Å². The molecule has 0 aliphatic carbocycles. The SMILES string of the molecule is COc1ccc(C2(CN)COC2)cc1Cl. The van der Waals surface area contributed by atoms with Gasteiger partial charge < -0.3 is 15.2 Å². The molecular formula is C11H14ClNO2. The Labute approximate surface area is 94.1 Å². The molecule has 1 aromatic rings. The third-order valence-electron chi connectivity index (χ3n) is 2.91. The van der Waals surface area contributed by atoms with Gasteiger partial charge in [-0.1, -0.05) is 17.7 Å². The van der Waals surface area contributed by atoms with Crippen LogP contribution in [0.4, 0.5) is 0 Å². The summed E-state index contributed by atoms with van der Waals surface area (Å²) in [4.78, 5) is 0. The van der Waals surface area contributed by atoms with Gasteiger partial charge in [-0.25, -0.2) is 0 Å². The lowest BCUT2D eigenvalue weighted by Gasteiger charge is -2.41. The Morgan fingerprint density at radius 1 is 1.53 bits per heavy atom. The van der Waals surface area contributed by atoms with Crippen molar-refractivity contribution in [2.24, 2.45) is 5.73 Å². The second-order valence-electron chi connectivity index (χ2n) is 3.83. The molecule has 1 saturated heterocycles. The molecular weight excluding hydrogens is 214 g/mol. The highest BCUT2D eigenvalue weighted by Gasteiger charge is 2.39. The van der Waals surface area contributed by atoms with Crippen molar-refractivity contribution in [3.05, 3.63) is 28.8 Å². The average Bonchev–Trinajstić information content (AvgIpc) is 2.17. The van der Waals surface area contributed by atoms with Gasteiger partial charge in [-0.05, 0) is 17.7 Å². The Morgan fingerprint density at radius 3 is 2.67 bits per heavy atom. The monoisotopic (exact) mass is 227 g/mol. The first-order valence-electron chi connectivity index (χ1n) is 4.84. The molecule has 0 radical (unpaired) electrons. The summed E-state index contributed by atoms with van der Waals surface area (Å²) in [5, 5.41) is 0.620. The number of methoxy groups -OCH3 is 1. The molecule has 0 saturated carbocycles. The second-order valence-corrected chi connectivity index (χ2v) is 4.23. The molecule has 82 valence electrons. The molecule has 2 N–H and O–H groups in total. The van der Waals surface area contributed by atoms with E-state index in [-0.39, 0.29) is 5.41 Å². The van der Waals surface area contributed by atoms with Crippen LogP contribution in [-0.4, -0.2) is 26.9 Å². The van der Waals surface area contributed by atoms with Gasteiger partial charge in [0.05, 0.1) is 30.8 Å². The van der Waals surface area contributed by atoms with Crippen molar-refractivity contribution in [3.8, 4) is 5.75 Å². The molecule has 1 aliphatic heterocycles. The molecule has 3 nitrogen and oxygen atoms in total. The number of hydrogen-bond donors (Lipinski definition) is 1. The van der Waals surface area contributed by atoms with Gasteiger partial charge in [0, 0.05) is 6.54 Å². The fourth-order valence-electron chi connectivity index (χ4n) is 1.75. The molecule has 1 fully saturated rings. The highest BCUT2D eigenvalue weighted by Crippen LogP contribution is 2.35. The summed E-state index contributed by atoms with van der Waals surface area (Å²) >= 11 is 6.07. The van der Waals surface area contributed by atoms with E-state index in [0.717, 1.165) is 5.56 Å². The Bertz CT molecular complexity index is 358. The lowest BCUT2D eigenvalue weighted by atomic mass is 9.79. The van der Waals surface area contributed by atoms with Crippen LogP contribution in [0.25, 0.3) is 0 Å². The van der Waals surface area contributed by atoms with Crippen LogP contribution in [0, 0.1) is 0 Å². The number of hydrogen-bond acceptors (Lipinski definition) is 3. The van der Waals surface area contributed by atoms with E-state index in [2.05, 4.69) is 0 Å². The van der Waals surface area contributed by atoms with Gasteiger partial charge in [0.2, 0.25) is 0 Å². The molecule has 1 aliphatic rings. The zero-order valence-corrected chi connectivity index (χ0v) is 9.38. The van der Waals surface area contributed by atoms with Crippen LogP contribution in [0.3, 0.4) is 0 Å². The van der Waals surface area contributed by atoms with Crippen LogP contribution < -0.4 is 10.5 Å². The first kappa shape index (κ1) is 10.7. The van der Waals surface area contributed by atoms with E-state index in [9.17, 15) is 0 Å². The maximum Gasteiger partial charge on any atom is 0.137 e. The topological polar surface area (TPSA) is 44.5 Å². The molecule has 0 amide bonds. The molecule has 0 unspecified atom stereocenters. The van der Waals surface area contributed by atoms with Crippen molar-refractivity contribution < 1.29 is 9.47 Å². The fourth-order valence-corrected chi connectivity index (χ4v) is 2.00. The van der Waals surface area contributed by atoms with Crippen LogP contribution in [0.2, 0.25) is 5.02 Å². The molecule has 1 aromatic carbocycles. The van der Waals surface area contributed by atoms with Crippen molar-refractivity contribution in [2.45, 2.75) is 5.41 Å². The fraction of sp³-hybridized carbons (Fsp3) is 0.455. The largest absolute Gasteiger partial charge is 0.495 e. The van der Waals surface area contributed by atoms with E-state index < -0.39 is 0 Å². The van der Waals surface area contributed by atoms with E-state index in [1.54, 1.807) is 7.11 Å². The minimum absolute atomic E-state index is 0.0457. The summed E-state index contributed by atoms with van der Waals surface area (Å²) in [7, 11) is 1.60. The minimum Gasteiger partial charge on any atom is -0.495 e. The van der Waals surface area contributed by atoms with Gasteiger partial charge in [0.15, 0.2) is 0 Å². The van der Waals surface area contributed by atoms with Gasteiger partial charge in [0.1, 0.15) is 5.75 Å². The van der Waals surface area contributed by atoms with Crippen molar-refractivity contribution in [3.63, 3.8) is 0 Å². The van der Waals surface area contributed by atoms with Crippen molar-refractivity contribution in [1.29, 1.82) is 0 Å². The molecule has 1 heterocycles. The first-order valence-corrected chi connectivity index (χ1v) is 5.21. The zero-order chi connectivity index (χ0) is 10.9. The van der Waals surface area contributed by atoms with Crippen molar-refractivity contribution in [1.82, 2.24) is 0 Å². The van der Waals surface area contributed by atoms with Gasteiger partial charge in [-0.2, -0.15) is 0 Å². The Morgan fingerprint density at radius 2 is 2.27 bits per heavy atom. The molecule has 15 heavy (non-hydrogen) atoms. The minimum atomic E-state index is -0.0457. The summed E-state index contributed by atoms with van der Waals surface area (Å²) < 4.78 is 10.3. The van der Waals surface area contributed by atoms with E-state index in [4.69, 9.17) is 26.8 Å². The van der Waals surface area contributed by atoms with E-state index in [1.165, 1.54) is 0 Å². The summed E-state index contributed by atoms with van der Waals surface area (Å²) in [6.45, 7) is 1.92. The summed E-state index contributed by atoms with van der Waals surface area (Å²) in [5.74, 6) is 0.688. The third kappa shape index (κ3) is 1.71. The van der Waals surface area contributed by atoms with Gasteiger partial charge in [-0.15, -0.1) is 0 Å². The summed E-state index contributed by atoms with van der Waals surface area (Å²) in [6.07, 6.45) is 0. The number of rotatable bonds is 3. The number of nitrogens with two attached hydrogens (primary N) is 1. The van der Waals surface area contributed by atoms with E-state index in [1.807, 2.05) is 18.2 Å². The molecule has 0 atom stereocenters. The number of halogens is 1. The highest BCUT2D eigenvalue weighted by molar-refractivity contribution is 6.32. The van der Waals surface area contributed by atoms with E-state index >= 15 is 0 Å². The standard InChI is InChI=1S/C11H14ClNO2/c1-14-10-3-2-8(4-9(10)12)11(5-13)6-15-7-11/h2-4H,5-7,13H2,1H3. The summed E-state index contributed by atoms with van der Waals surface area (Å²) in [6, 6.07) is 5.78. The number of ether oxygens (including phenoxy) is 2. The van der Waals surface area contributed by atoms with Crippen LogP contribution >= 0.6 is 11.6 Å². The first-order chi connectivity index (χ1) is 7.22. The molecule has 0 spiro atoms. The normalized spacial score (nSPS) is 18.3. The third-order valence-corrected chi connectivity index (χ3v) is 3.21. The molecule has 0 bridgehead atoms.